The highest BCUT2D eigenvalue weighted by atomic mass is 35.5. The average molecular weight is 316 g/mol. The molecular formula is C14H9Cl2F2NO. The van der Waals surface area contributed by atoms with Crippen LogP contribution in [0.4, 0.5) is 8.78 Å². The molecule has 0 aliphatic heterocycles. The molecule has 2 aromatic rings. The fraction of sp³-hybridized carbons (Fsp3) is 0.0714. The van der Waals surface area contributed by atoms with Gasteiger partial charge in [-0.25, -0.2) is 8.78 Å². The Kier molecular flexibility index (Phi) is 4.57. The Morgan fingerprint density at radius 3 is 2.35 bits per heavy atom. The van der Waals surface area contributed by atoms with Gasteiger partial charge in [-0.15, -0.1) is 0 Å². The van der Waals surface area contributed by atoms with E-state index in [9.17, 15) is 13.6 Å². The topological polar surface area (TPSA) is 29.1 Å². The molecule has 0 bridgehead atoms. The lowest BCUT2D eigenvalue weighted by atomic mass is 10.2. The van der Waals surface area contributed by atoms with Gasteiger partial charge in [-0.3, -0.25) is 4.79 Å². The van der Waals surface area contributed by atoms with E-state index >= 15 is 0 Å². The molecule has 0 aliphatic carbocycles. The van der Waals surface area contributed by atoms with Gasteiger partial charge in [0.25, 0.3) is 5.91 Å². The molecule has 6 heteroatoms. The van der Waals surface area contributed by atoms with E-state index in [1.807, 2.05) is 0 Å². The van der Waals surface area contributed by atoms with Crippen molar-refractivity contribution in [3.05, 3.63) is 69.2 Å². The second-order valence-corrected chi connectivity index (χ2v) is 4.87. The highest BCUT2D eigenvalue weighted by Gasteiger charge is 2.13. The van der Waals surface area contributed by atoms with Gasteiger partial charge in [-0.2, -0.15) is 0 Å². The molecule has 0 spiro atoms. The van der Waals surface area contributed by atoms with E-state index < -0.39 is 11.7 Å². The summed E-state index contributed by atoms with van der Waals surface area (Å²) in [6.45, 7) is 0.180. The minimum absolute atomic E-state index is 0.00400. The number of hydrogen-bond acceptors (Lipinski definition) is 1. The number of rotatable bonds is 3. The Labute approximate surface area is 124 Å². The molecule has 2 rings (SSSR count). The molecule has 0 aliphatic rings. The summed E-state index contributed by atoms with van der Waals surface area (Å²) < 4.78 is 26.0. The van der Waals surface area contributed by atoms with Gasteiger partial charge in [0.2, 0.25) is 0 Å². The Balaban J connectivity index is 2.09. The van der Waals surface area contributed by atoms with Gasteiger partial charge in [0.1, 0.15) is 11.6 Å². The summed E-state index contributed by atoms with van der Waals surface area (Å²) in [6.07, 6.45) is 0. The first-order valence-corrected chi connectivity index (χ1v) is 6.40. The highest BCUT2D eigenvalue weighted by Crippen LogP contribution is 2.24. The molecule has 1 amide bonds. The summed E-state index contributed by atoms with van der Waals surface area (Å²) in [7, 11) is 0. The van der Waals surface area contributed by atoms with Crippen molar-refractivity contribution in [3.63, 3.8) is 0 Å². The Hall–Kier alpha value is -1.65. The van der Waals surface area contributed by atoms with Crippen molar-refractivity contribution < 1.29 is 13.6 Å². The minimum atomic E-state index is -0.719. The summed E-state index contributed by atoms with van der Waals surface area (Å²) >= 11 is 11.4. The fourth-order valence-electron chi connectivity index (χ4n) is 1.58. The van der Waals surface area contributed by atoms with Crippen LogP contribution in [-0.4, -0.2) is 5.91 Å². The molecule has 0 fully saturated rings. The second kappa shape index (κ2) is 6.20. The molecule has 1 N–H and O–H groups in total. The van der Waals surface area contributed by atoms with Crippen molar-refractivity contribution in [3.8, 4) is 0 Å². The van der Waals surface area contributed by atoms with Gasteiger partial charge in [-0.1, -0.05) is 35.3 Å². The normalized spacial score (nSPS) is 10.4. The number of carbonyl (C=O) groups excluding carboxylic acids is 1. The Morgan fingerprint density at radius 2 is 1.70 bits per heavy atom. The molecule has 0 radical (unpaired) electrons. The fourth-order valence-corrected chi connectivity index (χ4v) is 2.05. The largest absolute Gasteiger partial charge is 0.348 e. The van der Waals surface area contributed by atoms with E-state index in [1.165, 1.54) is 18.2 Å². The summed E-state index contributed by atoms with van der Waals surface area (Å²) in [5.74, 6) is -1.61. The first kappa shape index (κ1) is 14.8. The van der Waals surface area contributed by atoms with Gasteiger partial charge in [0.05, 0.1) is 15.6 Å². The standard InChI is InChI=1S/C14H9Cl2F2NO/c15-11-6-12(16)13(18)5-10(11)14(20)19-7-8-1-3-9(17)4-2-8/h1-6H,7H2,(H,19,20). The number of benzene rings is 2. The zero-order valence-electron chi connectivity index (χ0n) is 10.1. The average Bonchev–Trinajstić information content (AvgIpc) is 2.42. The van der Waals surface area contributed by atoms with Gasteiger partial charge < -0.3 is 5.32 Å². The van der Waals surface area contributed by atoms with E-state index in [0.717, 1.165) is 6.07 Å². The number of amides is 1. The smallest absolute Gasteiger partial charge is 0.253 e. The first-order valence-electron chi connectivity index (χ1n) is 5.64. The third-order valence-electron chi connectivity index (χ3n) is 2.62. The lowest BCUT2D eigenvalue weighted by Gasteiger charge is -2.08. The second-order valence-electron chi connectivity index (χ2n) is 4.06. The molecule has 20 heavy (non-hydrogen) atoms. The molecule has 0 unspecified atom stereocenters. The summed E-state index contributed by atoms with van der Waals surface area (Å²) in [5.41, 5.74) is 0.709. The highest BCUT2D eigenvalue weighted by molar-refractivity contribution is 6.36. The van der Waals surface area contributed by atoms with Crippen LogP contribution in [0.25, 0.3) is 0 Å². The Bertz CT molecular complexity index is 644. The van der Waals surface area contributed by atoms with Crippen molar-refractivity contribution in [2.24, 2.45) is 0 Å². The quantitative estimate of drug-likeness (QED) is 0.845. The van der Waals surface area contributed by atoms with E-state index in [1.54, 1.807) is 12.1 Å². The zero-order valence-corrected chi connectivity index (χ0v) is 11.6. The molecule has 0 heterocycles. The zero-order chi connectivity index (χ0) is 14.7. The van der Waals surface area contributed by atoms with E-state index in [2.05, 4.69) is 5.32 Å². The number of hydrogen-bond donors (Lipinski definition) is 1. The SMILES string of the molecule is O=C(NCc1ccc(F)cc1)c1cc(F)c(Cl)cc1Cl. The number of carbonyl (C=O) groups is 1. The monoisotopic (exact) mass is 315 g/mol. The summed E-state index contributed by atoms with van der Waals surface area (Å²) in [5, 5.41) is 2.48. The summed E-state index contributed by atoms with van der Waals surface area (Å²) in [6, 6.07) is 7.81. The molecule has 2 nitrogen and oxygen atoms in total. The first-order chi connectivity index (χ1) is 9.47. The van der Waals surface area contributed by atoms with E-state index in [0.29, 0.717) is 5.56 Å². The van der Waals surface area contributed by atoms with E-state index in [-0.39, 0.29) is 28.0 Å². The lowest BCUT2D eigenvalue weighted by Crippen LogP contribution is -2.23. The predicted molar refractivity (Wildman–Crippen MR) is 74.0 cm³/mol. The number of halogens is 4. The van der Waals surface area contributed by atoms with Crippen LogP contribution in [0.1, 0.15) is 15.9 Å². The maximum atomic E-state index is 13.3. The van der Waals surface area contributed by atoms with Gasteiger partial charge in [0, 0.05) is 6.54 Å². The molecule has 2 aromatic carbocycles. The third kappa shape index (κ3) is 3.46. The van der Waals surface area contributed by atoms with Crippen molar-refractivity contribution in [2.75, 3.05) is 0 Å². The van der Waals surface area contributed by atoms with Crippen LogP contribution < -0.4 is 5.32 Å². The van der Waals surface area contributed by atoms with Crippen LogP contribution >= 0.6 is 23.2 Å². The van der Waals surface area contributed by atoms with Crippen molar-refractivity contribution in [2.45, 2.75) is 6.54 Å². The predicted octanol–water partition coefficient (Wildman–Crippen LogP) is 4.20. The third-order valence-corrected chi connectivity index (χ3v) is 3.22. The molecule has 0 saturated heterocycles. The van der Waals surface area contributed by atoms with E-state index in [4.69, 9.17) is 23.2 Å². The molecule has 104 valence electrons. The van der Waals surface area contributed by atoms with Crippen molar-refractivity contribution >= 4 is 29.1 Å². The van der Waals surface area contributed by atoms with Crippen LogP contribution in [0.5, 0.6) is 0 Å². The summed E-state index contributed by atoms with van der Waals surface area (Å²) in [4.78, 5) is 11.9. The van der Waals surface area contributed by atoms with Crippen LogP contribution in [0.2, 0.25) is 10.0 Å². The minimum Gasteiger partial charge on any atom is -0.348 e. The lowest BCUT2D eigenvalue weighted by molar-refractivity contribution is 0.0950. The van der Waals surface area contributed by atoms with Crippen LogP contribution in [0.15, 0.2) is 36.4 Å². The Morgan fingerprint density at radius 1 is 1.05 bits per heavy atom. The molecule has 0 atom stereocenters. The van der Waals surface area contributed by atoms with Crippen LogP contribution in [0.3, 0.4) is 0 Å². The van der Waals surface area contributed by atoms with Crippen molar-refractivity contribution in [1.29, 1.82) is 0 Å². The van der Waals surface area contributed by atoms with Crippen LogP contribution in [0, 0.1) is 11.6 Å². The maximum Gasteiger partial charge on any atom is 0.253 e. The number of nitrogens with one attached hydrogen (secondary N) is 1. The molecular weight excluding hydrogens is 307 g/mol. The van der Waals surface area contributed by atoms with Crippen LogP contribution in [-0.2, 0) is 6.54 Å². The van der Waals surface area contributed by atoms with Gasteiger partial charge in [0.15, 0.2) is 0 Å². The van der Waals surface area contributed by atoms with Gasteiger partial charge >= 0.3 is 0 Å². The van der Waals surface area contributed by atoms with Gasteiger partial charge in [-0.05, 0) is 29.8 Å². The molecule has 0 aromatic heterocycles. The van der Waals surface area contributed by atoms with Crippen molar-refractivity contribution in [1.82, 2.24) is 5.32 Å². The molecule has 0 saturated carbocycles. The maximum absolute atomic E-state index is 13.3.